The van der Waals surface area contributed by atoms with E-state index in [1.165, 1.54) is 0 Å². The Balaban J connectivity index is 3.50. The van der Waals surface area contributed by atoms with Crippen molar-refractivity contribution in [1.82, 2.24) is 0 Å². The molecule has 0 heterocycles. The normalized spacial score (nSPS) is 14.8. The highest BCUT2D eigenvalue weighted by atomic mass is 19.4. The fraction of sp³-hybridized carbons (Fsp3) is 0.267. The Kier molecular flexibility index (Phi) is 5.85. The van der Waals surface area contributed by atoms with Crippen molar-refractivity contribution in [3.05, 3.63) is 47.5 Å². The molecule has 0 amide bonds. The quantitative estimate of drug-likeness (QED) is 0.446. The molecule has 1 atom stereocenters. The molecule has 0 radical (unpaired) electrons. The third-order valence-electron chi connectivity index (χ3n) is 3.18. The average Bonchev–Trinajstić information content (AvgIpc) is 2.48. The minimum Gasteiger partial charge on any atom is -0.481 e. The number of rotatable bonds is 6. The third-order valence-corrected chi connectivity index (χ3v) is 3.18. The topological polar surface area (TPSA) is 87.0 Å². The second-order valence-electron chi connectivity index (χ2n) is 5.10. The minimum atomic E-state index is -5.09. The molecular weight excluding hydrogens is 372 g/mol. The second kappa shape index (κ2) is 7.18. The Morgan fingerprint density at radius 1 is 1.00 bits per heavy atom. The van der Waals surface area contributed by atoms with Gasteiger partial charge in [0.15, 0.2) is 5.54 Å². The lowest BCUT2D eigenvalue weighted by molar-refractivity contribution is -0.147. The first-order chi connectivity index (χ1) is 11.7. The molecule has 0 aliphatic heterocycles. The van der Waals surface area contributed by atoms with Crippen LogP contribution in [-0.4, -0.2) is 33.9 Å². The van der Waals surface area contributed by atoms with Crippen LogP contribution in [0.5, 0.6) is 0 Å². The zero-order chi connectivity index (χ0) is 20.3. The molecule has 11 heteroatoms. The number of alkyl halides is 6. The summed E-state index contributed by atoms with van der Waals surface area (Å²) in [6.45, 7) is 3.12. The van der Waals surface area contributed by atoms with E-state index >= 15 is 0 Å². The van der Waals surface area contributed by atoms with Gasteiger partial charge in [0.2, 0.25) is 0 Å². The number of halogens is 6. The van der Waals surface area contributed by atoms with Gasteiger partial charge in [-0.25, -0.2) is 4.79 Å². The Morgan fingerprint density at radius 3 is 1.77 bits per heavy atom. The standard InChI is InChI=1S/C15H11F6NO4/c1-2-13(12(25)26,6-11(23)24)22-7-8-3-9(14(16,17)18)5-10(4-8)15(19,20)21/h2-5,7H,1,6H2,(H,23,24)(H,25,26)/t13-/m1/s1. The van der Waals surface area contributed by atoms with Gasteiger partial charge in [0.25, 0.3) is 0 Å². The molecule has 0 saturated carbocycles. The van der Waals surface area contributed by atoms with Crippen molar-refractivity contribution >= 4 is 18.2 Å². The van der Waals surface area contributed by atoms with Crippen LogP contribution in [0.1, 0.15) is 23.1 Å². The number of benzene rings is 1. The number of nitrogens with zero attached hydrogens (tertiary/aromatic N) is 1. The first-order valence-corrected chi connectivity index (χ1v) is 6.65. The van der Waals surface area contributed by atoms with E-state index in [-0.39, 0.29) is 6.07 Å². The first-order valence-electron chi connectivity index (χ1n) is 6.65. The fourth-order valence-corrected chi connectivity index (χ4v) is 1.86. The highest BCUT2D eigenvalue weighted by Crippen LogP contribution is 2.36. The summed E-state index contributed by atoms with van der Waals surface area (Å²) in [5.41, 5.74) is -6.39. The molecule has 1 rings (SSSR count). The number of carboxylic acid groups (broad SMARTS) is 2. The van der Waals surface area contributed by atoms with E-state index in [4.69, 9.17) is 10.2 Å². The molecule has 0 fully saturated rings. The van der Waals surface area contributed by atoms with Crippen LogP contribution in [0.15, 0.2) is 35.8 Å². The SMILES string of the molecule is C=C[C@](CC(=O)O)(N=Cc1cc(C(F)(F)F)cc(C(F)(F)F)c1)C(=O)O. The van der Waals surface area contributed by atoms with Gasteiger partial charge in [0, 0.05) is 6.21 Å². The fourth-order valence-electron chi connectivity index (χ4n) is 1.86. The molecule has 1 aromatic carbocycles. The minimum absolute atomic E-state index is 0.105. The van der Waals surface area contributed by atoms with Crippen molar-refractivity contribution in [2.75, 3.05) is 0 Å². The molecule has 142 valence electrons. The molecule has 26 heavy (non-hydrogen) atoms. The number of carbonyl (C=O) groups is 2. The third kappa shape index (κ3) is 5.07. The van der Waals surface area contributed by atoms with Crippen molar-refractivity contribution in [3.8, 4) is 0 Å². The first kappa shape index (κ1) is 21.2. The Morgan fingerprint density at radius 2 is 1.46 bits per heavy atom. The molecule has 1 aromatic rings. The zero-order valence-electron chi connectivity index (χ0n) is 12.7. The maximum atomic E-state index is 12.8. The van der Waals surface area contributed by atoms with Crippen LogP contribution >= 0.6 is 0 Å². The Bertz CT molecular complexity index is 721. The number of aliphatic imine (C=N–C) groups is 1. The van der Waals surface area contributed by atoms with Gasteiger partial charge in [-0.15, -0.1) is 6.58 Å². The number of carboxylic acids is 2. The van der Waals surface area contributed by atoms with Crippen LogP contribution in [0.2, 0.25) is 0 Å². The van der Waals surface area contributed by atoms with Crippen molar-refractivity contribution < 1.29 is 46.1 Å². The molecule has 0 bridgehead atoms. The molecular formula is C15H11F6NO4. The maximum Gasteiger partial charge on any atom is 0.416 e. The van der Waals surface area contributed by atoms with Gasteiger partial charge in [-0.1, -0.05) is 6.08 Å². The summed E-state index contributed by atoms with van der Waals surface area (Å²) in [6.07, 6.45) is -10.2. The summed E-state index contributed by atoms with van der Waals surface area (Å²) >= 11 is 0. The number of aliphatic carboxylic acids is 2. The molecule has 2 N–H and O–H groups in total. The lowest BCUT2D eigenvalue weighted by Gasteiger charge is -2.19. The van der Waals surface area contributed by atoms with Crippen molar-refractivity contribution in [1.29, 1.82) is 0 Å². The van der Waals surface area contributed by atoms with Gasteiger partial charge in [0.1, 0.15) is 0 Å². The maximum absolute atomic E-state index is 12.8. The molecule has 0 aromatic heterocycles. The van der Waals surface area contributed by atoms with Crippen molar-refractivity contribution in [2.45, 2.75) is 24.3 Å². The van der Waals surface area contributed by atoms with Crippen molar-refractivity contribution in [2.24, 2.45) is 4.99 Å². The molecule has 0 saturated heterocycles. The van der Waals surface area contributed by atoms with Crippen LogP contribution in [0.3, 0.4) is 0 Å². The van der Waals surface area contributed by atoms with Crippen LogP contribution in [0.4, 0.5) is 26.3 Å². The number of hydrogen-bond acceptors (Lipinski definition) is 3. The Labute approximate surface area is 142 Å². The molecule has 0 aliphatic carbocycles. The van der Waals surface area contributed by atoms with Gasteiger partial charge >= 0.3 is 24.3 Å². The summed E-state index contributed by atoms with van der Waals surface area (Å²) < 4.78 is 76.7. The zero-order valence-corrected chi connectivity index (χ0v) is 12.7. The lowest BCUT2D eigenvalue weighted by Crippen LogP contribution is -2.37. The summed E-state index contributed by atoms with van der Waals surface area (Å²) in [5, 5.41) is 17.9. The number of hydrogen-bond donors (Lipinski definition) is 2. The van der Waals surface area contributed by atoms with Gasteiger partial charge in [-0.05, 0) is 23.8 Å². The van der Waals surface area contributed by atoms with Gasteiger partial charge in [-0.3, -0.25) is 9.79 Å². The van der Waals surface area contributed by atoms with E-state index < -0.39 is 52.9 Å². The van der Waals surface area contributed by atoms with E-state index in [0.717, 1.165) is 0 Å². The Hall–Kier alpha value is -2.85. The predicted octanol–water partition coefficient (Wildman–Crippen LogP) is 3.63. The van der Waals surface area contributed by atoms with E-state index in [2.05, 4.69) is 11.6 Å². The van der Waals surface area contributed by atoms with E-state index in [1.54, 1.807) is 0 Å². The average molecular weight is 383 g/mol. The van der Waals surface area contributed by atoms with E-state index in [0.29, 0.717) is 24.4 Å². The van der Waals surface area contributed by atoms with Gasteiger partial charge < -0.3 is 10.2 Å². The van der Waals surface area contributed by atoms with Crippen LogP contribution in [0.25, 0.3) is 0 Å². The van der Waals surface area contributed by atoms with E-state index in [1.807, 2.05) is 0 Å². The lowest BCUT2D eigenvalue weighted by atomic mass is 9.96. The monoisotopic (exact) mass is 383 g/mol. The summed E-state index contributed by atoms with van der Waals surface area (Å²) in [6, 6.07) is 0.553. The van der Waals surface area contributed by atoms with Crippen molar-refractivity contribution in [3.63, 3.8) is 0 Å². The second-order valence-corrected chi connectivity index (χ2v) is 5.10. The van der Waals surface area contributed by atoms with Crippen LogP contribution < -0.4 is 0 Å². The highest BCUT2D eigenvalue weighted by Gasteiger charge is 2.38. The molecule has 0 spiro atoms. The largest absolute Gasteiger partial charge is 0.481 e. The smallest absolute Gasteiger partial charge is 0.416 e. The molecule has 0 unspecified atom stereocenters. The summed E-state index contributed by atoms with van der Waals surface area (Å²) in [5.74, 6) is -3.39. The van der Waals surface area contributed by atoms with Gasteiger partial charge in [-0.2, -0.15) is 26.3 Å². The van der Waals surface area contributed by atoms with Crippen LogP contribution in [-0.2, 0) is 21.9 Å². The van der Waals surface area contributed by atoms with Crippen LogP contribution in [0, 0.1) is 0 Å². The van der Waals surface area contributed by atoms with E-state index in [9.17, 15) is 35.9 Å². The predicted molar refractivity (Wildman–Crippen MR) is 76.9 cm³/mol. The summed E-state index contributed by atoms with van der Waals surface area (Å²) in [4.78, 5) is 25.4. The summed E-state index contributed by atoms with van der Waals surface area (Å²) in [7, 11) is 0. The molecule has 0 aliphatic rings. The highest BCUT2D eigenvalue weighted by molar-refractivity contribution is 5.91. The van der Waals surface area contributed by atoms with Gasteiger partial charge in [0.05, 0.1) is 17.5 Å². The molecule has 5 nitrogen and oxygen atoms in total.